The van der Waals surface area contributed by atoms with E-state index in [4.69, 9.17) is 4.74 Å². The molecular weight excluding hydrogens is 704 g/mol. The van der Waals surface area contributed by atoms with Gasteiger partial charge in [0.05, 0.1) is 0 Å². The van der Waals surface area contributed by atoms with E-state index >= 15 is 0 Å². The summed E-state index contributed by atoms with van der Waals surface area (Å²) in [5.41, 5.74) is 23.3. The van der Waals surface area contributed by atoms with E-state index in [9.17, 15) is 0 Å². The first-order valence-corrected chi connectivity index (χ1v) is 20.3. The third-order valence-electron chi connectivity index (χ3n) is 12.7. The van der Waals surface area contributed by atoms with Crippen LogP contribution in [0.2, 0.25) is 0 Å². The zero-order valence-electron chi connectivity index (χ0n) is 33.0. The number of benzene rings is 8. The van der Waals surface area contributed by atoms with E-state index in [1.165, 1.54) is 83.5 Å². The molecule has 8 aromatic carbocycles. The van der Waals surface area contributed by atoms with Crippen LogP contribution in [-0.4, -0.2) is 13.4 Å². The quantitative estimate of drug-likeness (QED) is 0.167. The summed E-state index contributed by atoms with van der Waals surface area (Å²) in [6.07, 6.45) is 0. The molecule has 0 amide bonds. The highest BCUT2D eigenvalue weighted by Crippen LogP contribution is 2.48. The van der Waals surface area contributed by atoms with Gasteiger partial charge in [-0.25, -0.2) is 0 Å². The molecule has 8 aromatic rings. The molecule has 58 heavy (non-hydrogen) atoms. The van der Waals surface area contributed by atoms with E-state index in [0.717, 1.165) is 34.2 Å². The molecular formula is C52H39B2N3O. The molecule has 0 atom stereocenters. The SMILES string of the molecule is Cc1ccc(N2c3ccc(C)cc3B3c4cc(C)ccc4N4c5ccc(C)cc5B5c6ccc(N(c7ccccc7)c7ccccc7)cc6Oc6cc2c3c4c65)cc1. The maximum Gasteiger partial charge on any atom is 0.256 e. The average Bonchev–Trinajstić information content (AvgIpc) is 3.24. The van der Waals surface area contributed by atoms with Crippen molar-refractivity contribution in [3.63, 3.8) is 0 Å². The zero-order valence-corrected chi connectivity index (χ0v) is 33.0. The van der Waals surface area contributed by atoms with Gasteiger partial charge in [0, 0.05) is 63.3 Å². The Morgan fingerprint density at radius 3 is 1.48 bits per heavy atom. The smallest absolute Gasteiger partial charge is 0.256 e. The predicted molar refractivity (Wildman–Crippen MR) is 245 cm³/mol. The summed E-state index contributed by atoms with van der Waals surface area (Å²) in [6, 6.07) is 60.5. The molecule has 274 valence electrons. The number of nitrogens with zero attached hydrogens (tertiary/aromatic N) is 3. The number of anilines is 9. The van der Waals surface area contributed by atoms with Crippen LogP contribution in [0.25, 0.3) is 0 Å². The first-order chi connectivity index (χ1) is 28.4. The Balaban J connectivity index is 1.16. The third kappa shape index (κ3) is 4.72. The van der Waals surface area contributed by atoms with Crippen molar-refractivity contribution in [2.45, 2.75) is 27.7 Å². The van der Waals surface area contributed by atoms with E-state index in [1.54, 1.807) is 0 Å². The minimum absolute atomic E-state index is 0.0134. The summed E-state index contributed by atoms with van der Waals surface area (Å²) in [6.45, 7) is 8.86. The number of ether oxygens (including phenoxy) is 1. The second-order valence-corrected chi connectivity index (χ2v) is 16.5. The van der Waals surface area contributed by atoms with E-state index < -0.39 is 0 Å². The van der Waals surface area contributed by atoms with Crippen LogP contribution in [0.1, 0.15) is 22.3 Å². The molecule has 0 fully saturated rings. The summed E-state index contributed by atoms with van der Waals surface area (Å²) >= 11 is 0. The monoisotopic (exact) mass is 743 g/mol. The lowest BCUT2D eigenvalue weighted by atomic mass is 9.29. The van der Waals surface area contributed by atoms with Gasteiger partial charge in [-0.2, -0.15) is 0 Å². The Morgan fingerprint density at radius 1 is 0.397 bits per heavy atom. The van der Waals surface area contributed by atoms with Crippen molar-refractivity contribution < 1.29 is 4.74 Å². The van der Waals surface area contributed by atoms with Crippen molar-refractivity contribution in [2.24, 2.45) is 0 Å². The minimum Gasteiger partial charge on any atom is -0.458 e. The van der Waals surface area contributed by atoms with Crippen LogP contribution in [-0.2, 0) is 0 Å². The van der Waals surface area contributed by atoms with E-state index in [-0.39, 0.29) is 13.4 Å². The highest BCUT2D eigenvalue weighted by atomic mass is 16.5. The van der Waals surface area contributed by atoms with Gasteiger partial charge in [-0.3, -0.25) is 0 Å². The minimum atomic E-state index is -0.0134. The molecule has 0 saturated carbocycles. The van der Waals surface area contributed by atoms with Gasteiger partial charge in [0.15, 0.2) is 0 Å². The van der Waals surface area contributed by atoms with Crippen molar-refractivity contribution in [3.05, 3.63) is 186 Å². The number of para-hydroxylation sites is 2. The fourth-order valence-corrected chi connectivity index (χ4v) is 10.2. The van der Waals surface area contributed by atoms with Gasteiger partial charge >= 0.3 is 0 Å². The molecule has 0 N–H and O–H groups in total. The van der Waals surface area contributed by atoms with Gasteiger partial charge in [0.2, 0.25) is 0 Å². The van der Waals surface area contributed by atoms with Crippen LogP contribution in [0.5, 0.6) is 11.5 Å². The van der Waals surface area contributed by atoms with Crippen molar-refractivity contribution in [3.8, 4) is 11.5 Å². The maximum absolute atomic E-state index is 7.34. The molecule has 4 heterocycles. The lowest BCUT2D eigenvalue weighted by molar-refractivity contribution is 0.488. The average molecular weight is 744 g/mol. The largest absolute Gasteiger partial charge is 0.458 e. The summed E-state index contributed by atoms with van der Waals surface area (Å²) in [5.74, 6) is 1.80. The van der Waals surface area contributed by atoms with Crippen molar-refractivity contribution >= 4 is 97.4 Å². The molecule has 12 rings (SSSR count). The molecule has 4 nitrogen and oxygen atoms in total. The molecule has 0 bridgehead atoms. The number of rotatable bonds is 4. The van der Waals surface area contributed by atoms with Crippen molar-refractivity contribution in [1.29, 1.82) is 0 Å². The van der Waals surface area contributed by atoms with Gasteiger partial charge in [0.25, 0.3) is 13.4 Å². The fraction of sp³-hybridized carbons (Fsp3) is 0.0769. The highest BCUT2D eigenvalue weighted by Gasteiger charge is 2.51. The van der Waals surface area contributed by atoms with Crippen LogP contribution < -0.4 is 52.2 Å². The van der Waals surface area contributed by atoms with E-state index in [2.05, 4.69) is 206 Å². The topological polar surface area (TPSA) is 19.0 Å². The lowest BCUT2D eigenvalue weighted by Crippen LogP contribution is -2.68. The van der Waals surface area contributed by atoms with Crippen LogP contribution >= 0.6 is 0 Å². The van der Waals surface area contributed by atoms with Gasteiger partial charge in [-0.05, 0) is 121 Å². The van der Waals surface area contributed by atoms with Gasteiger partial charge < -0.3 is 19.4 Å². The normalized spacial score (nSPS) is 13.5. The van der Waals surface area contributed by atoms with Gasteiger partial charge in [-0.15, -0.1) is 0 Å². The molecule has 0 aliphatic carbocycles. The second kappa shape index (κ2) is 12.3. The third-order valence-corrected chi connectivity index (χ3v) is 12.7. The molecule has 0 aromatic heterocycles. The Hall–Kier alpha value is -6.91. The second-order valence-electron chi connectivity index (χ2n) is 16.5. The number of hydrogen-bond donors (Lipinski definition) is 0. The van der Waals surface area contributed by atoms with Crippen molar-refractivity contribution in [1.82, 2.24) is 0 Å². The Kier molecular flexibility index (Phi) is 7.05. The van der Waals surface area contributed by atoms with Gasteiger partial charge in [-0.1, -0.05) is 113 Å². The first kappa shape index (κ1) is 33.3. The molecule has 0 saturated heterocycles. The molecule has 6 heteroatoms. The number of aryl methyl sites for hydroxylation is 4. The fourth-order valence-electron chi connectivity index (χ4n) is 10.2. The summed E-state index contributed by atoms with van der Waals surface area (Å²) in [4.78, 5) is 7.37. The Bertz CT molecular complexity index is 2950. The zero-order chi connectivity index (χ0) is 38.8. The van der Waals surface area contributed by atoms with Crippen LogP contribution in [0.3, 0.4) is 0 Å². The molecule has 0 spiro atoms. The number of hydrogen-bond acceptors (Lipinski definition) is 4. The van der Waals surface area contributed by atoms with E-state index in [1.807, 2.05) is 0 Å². The molecule has 4 aliphatic heterocycles. The summed E-state index contributed by atoms with van der Waals surface area (Å²) in [5, 5.41) is 0. The predicted octanol–water partition coefficient (Wildman–Crippen LogP) is 9.41. The molecule has 4 aliphatic rings. The summed E-state index contributed by atoms with van der Waals surface area (Å²) in [7, 11) is 0. The lowest BCUT2D eigenvalue weighted by Gasteiger charge is -2.49. The Labute approximate surface area is 340 Å². The molecule has 0 radical (unpaired) electrons. The van der Waals surface area contributed by atoms with Crippen LogP contribution in [0.15, 0.2) is 164 Å². The van der Waals surface area contributed by atoms with Gasteiger partial charge in [0.1, 0.15) is 11.5 Å². The van der Waals surface area contributed by atoms with Crippen LogP contribution in [0.4, 0.5) is 51.2 Å². The van der Waals surface area contributed by atoms with Crippen molar-refractivity contribution in [2.75, 3.05) is 14.7 Å². The Morgan fingerprint density at radius 2 is 0.914 bits per heavy atom. The standard InChI is InChI=1S/C52H39B2N3O/c1-32-15-20-38(21-16-32)56-44-24-17-33(2)27-41(44)54-43-29-35(4)19-26-46(43)57-45-25-18-34(3)28-42(45)53-40-23-22-39(30-48(40)58-49-31-47(56)50(54)52(57)51(49)53)55(36-11-7-5-8-12-36)37-13-9-6-10-14-37/h5-31H,1-4H3. The highest BCUT2D eigenvalue weighted by molar-refractivity contribution is 7.04. The first-order valence-electron chi connectivity index (χ1n) is 20.3. The maximum atomic E-state index is 7.34. The van der Waals surface area contributed by atoms with Crippen LogP contribution in [0, 0.1) is 27.7 Å². The number of fused-ring (bicyclic) bond motifs is 10. The summed E-state index contributed by atoms with van der Waals surface area (Å²) < 4.78 is 7.34. The van der Waals surface area contributed by atoms with E-state index in [0.29, 0.717) is 0 Å². The molecule has 0 unspecified atom stereocenters.